The zero-order chi connectivity index (χ0) is 21.2. The number of hydrogen-bond acceptors (Lipinski definition) is 4. The van der Waals surface area contributed by atoms with E-state index in [0.717, 1.165) is 23.4 Å². The van der Waals surface area contributed by atoms with Crippen LogP contribution < -0.4 is 15.4 Å². The Morgan fingerprint density at radius 2 is 1.63 bits per heavy atom. The Balaban J connectivity index is 1.55. The van der Waals surface area contributed by atoms with Gasteiger partial charge in [0.05, 0.1) is 12.2 Å². The quantitative estimate of drug-likeness (QED) is 0.454. The van der Waals surface area contributed by atoms with Crippen molar-refractivity contribution in [2.24, 2.45) is 0 Å². The Hall–Kier alpha value is -3.02. The summed E-state index contributed by atoms with van der Waals surface area (Å²) in [6, 6.07) is 22.6. The first-order valence-corrected chi connectivity index (χ1v) is 10.1. The minimum absolute atomic E-state index is 0.177. The van der Waals surface area contributed by atoms with Gasteiger partial charge < -0.3 is 20.1 Å². The minimum atomic E-state index is -0.177. The first kappa shape index (κ1) is 21.7. The van der Waals surface area contributed by atoms with Crippen LogP contribution in [0.15, 0.2) is 72.8 Å². The van der Waals surface area contributed by atoms with Crippen LogP contribution in [0.25, 0.3) is 0 Å². The molecule has 3 aromatic rings. The standard InChI is InChI=1S/C24H25ClN2O3/c1-29-15-14-26-21-12-8-18(9-13-21)16-27-24(28)22-4-2-3-5-23(22)30-17-19-6-10-20(25)11-7-19/h2-13,26H,14-17H2,1H3,(H,27,28). The van der Waals surface area contributed by atoms with E-state index < -0.39 is 0 Å². The van der Waals surface area contributed by atoms with Crippen LogP contribution in [0.3, 0.4) is 0 Å². The Bertz CT molecular complexity index is 943. The molecule has 0 aliphatic carbocycles. The smallest absolute Gasteiger partial charge is 0.255 e. The highest BCUT2D eigenvalue weighted by atomic mass is 35.5. The SMILES string of the molecule is COCCNc1ccc(CNC(=O)c2ccccc2OCc2ccc(Cl)cc2)cc1. The van der Waals surface area contributed by atoms with Gasteiger partial charge in [-0.05, 0) is 47.5 Å². The molecule has 0 radical (unpaired) electrons. The van der Waals surface area contributed by atoms with Crippen molar-refractivity contribution in [1.82, 2.24) is 5.32 Å². The van der Waals surface area contributed by atoms with Crippen LogP contribution in [0.1, 0.15) is 21.5 Å². The second-order valence-corrected chi connectivity index (χ2v) is 7.15. The number of nitrogens with one attached hydrogen (secondary N) is 2. The Morgan fingerprint density at radius 1 is 0.933 bits per heavy atom. The predicted octanol–water partition coefficient (Wildman–Crippen LogP) is 4.91. The lowest BCUT2D eigenvalue weighted by atomic mass is 10.1. The van der Waals surface area contributed by atoms with Gasteiger partial charge in [0, 0.05) is 30.9 Å². The fraction of sp³-hybridized carbons (Fsp3) is 0.208. The second kappa shape index (κ2) is 11.2. The number of rotatable bonds is 10. The molecule has 6 heteroatoms. The van der Waals surface area contributed by atoms with Crippen LogP contribution >= 0.6 is 11.6 Å². The molecule has 0 spiro atoms. The molecule has 0 aromatic heterocycles. The predicted molar refractivity (Wildman–Crippen MR) is 120 cm³/mol. The molecular formula is C24H25ClN2O3. The topological polar surface area (TPSA) is 59.6 Å². The molecule has 0 saturated heterocycles. The summed E-state index contributed by atoms with van der Waals surface area (Å²) in [6.07, 6.45) is 0. The number of carbonyl (C=O) groups is 1. The van der Waals surface area contributed by atoms with Gasteiger partial charge in [-0.25, -0.2) is 0 Å². The summed E-state index contributed by atoms with van der Waals surface area (Å²) in [5.74, 6) is 0.367. The lowest BCUT2D eigenvalue weighted by Gasteiger charge is -2.12. The summed E-state index contributed by atoms with van der Waals surface area (Å²) in [4.78, 5) is 12.7. The maximum atomic E-state index is 12.7. The number of carbonyl (C=O) groups excluding carboxylic acids is 1. The van der Waals surface area contributed by atoms with E-state index in [9.17, 15) is 4.79 Å². The molecule has 0 heterocycles. The Kier molecular flexibility index (Phi) is 8.12. The normalized spacial score (nSPS) is 10.5. The van der Waals surface area contributed by atoms with Crippen molar-refractivity contribution in [3.8, 4) is 5.75 Å². The molecule has 1 amide bonds. The van der Waals surface area contributed by atoms with E-state index in [1.165, 1.54) is 0 Å². The van der Waals surface area contributed by atoms with Crippen molar-refractivity contribution >= 4 is 23.2 Å². The van der Waals surface area contributed by atoms with Crippen molar-refractivity contribution in [3.05, 3.63) is 94.5 Å². The number of halogens is 1. The number of anilines is 1. The fourth-order valence-electron chi connectivity index (χ4n) is 2.84. The van der Waals surface area contributed by atoms with Gasteiger partial charge >= 0.3 is 0 Å². The second-order valence-electron chi connectivity index (χ2n) is 6.71. The van der Waals surface area contributed by atoms with Gasteiger partial charge in [-0.15, -0.1) is 0 Å². The summed E-state index contributed by atoms with van der Waals surface area (Å²) in [7, 11) is 1.67. The lowest BCUT2D eigenvalue weighted by molar-refractivity contribution is 0.0946. The minimum Gasteiger partial charge on any atom is -0.488 e. The molecule has 0 fully saturated rings. The van der Waals surface area contributed by atoms with E-state index in [-0.39, 0.29) is 5.91 Å². The molecule has 5 nitrogen and oxygen atoms in total. The highest BCUT2D eigenvalue weighted by Crippen LogP contribution is 2.20. The van der Waals surface area contributed by atoms with Crippen LogP contribution in [0.2, 0.25) is 5.02 Å². The van der Waals surface area contributed by atoms with Gasteiger partial charge in [-0.2, -0.15) is 0 Å². The van der Waals surface area contributed by atoms with Crippen molar-refractivity contribution in [3.63, 3.8) is 0 Å². The molecule has 0 aliphatic heterocycles. The number of hydrogen-bond donors (Lipinski definition) is 2. The van der Waals surface area contributed by atoms with Gasteiger partial charge in [0.2, 0.25) is 0 Å². The number of para-hydroxylation sites is 1. The molecule has 0 aliphatic rings. The summed E-state index contributed by atoms with van der Waals surface area (Å²) in [5, 5.41) is 6.90. The largest absolute Gasteiger partial charge is 0.488 e. The van der Waals surface area contributed by atoms with Gasteiger partial charge in [0.1, 0.15) is 12.4 Å². The highest BCUT2D eigenvalue weighted by Gasteiger charge is 2.12. The summed E-state index contributed by atoms with van der Waals surface area (Å²) in [5.41, 5.74) is 3.52. The van der Waals surface area contributed by atoms with E-state index in [2.05, 4.69) is 10.6 Å². The Labute approximate surface area is 182 Å². The third-order valence-electron chi connectivity index (χ3n) is 4.48. The van der Waals surface area contributed by atoms with Gasteiger partial charge in [-0.3, -0.25) is 4.79 Å². The van der Waals surface area contributed by atoms with E-state index >= 15 is 0 Å². The molecule has 0 saturated carbocycles. The molecule has 3 aromatic carbocycles. The lowest BCUT2D eigenvalue weighted by Crippen LogP contribution is -2.23. The van der Waals surface area contributed by atoms with E-state index in [0.29, 0.717) is 36.1 Å². The maximum Gasteiger partial charge on any atom is 0.255 e. The van der Waals surface area contributed by atoms with E-state index in [1.807, 2.05) is 60.7 Å². The van der Waals surface area contributed by atoms with E-state index in [1.54, 1.807) is 19.2 Å². The number of ether oxygens (including phenoxy) is 2. The average molecular weight is 425 g/mol. The number of benzene rings is 3. The third kappa shape index (κ3) is 6.51. The molecule has 0 bridgehead atoms. The first-order valence-electron chi connectivity index (χ1n) is 9.72. The van der Waals surface area contributed by atoms with Crippen LogP contribution in [-0.4, -0.2) is 26.2 Å². The van der Waals surface area contributed by atoms with Gasteiger partial charge in [0.25, 0.3) is 5.91 Å². The van der Waals surface area contributed by atoms with Crippen molar-refractivity contribution < 1.29 is 14.3 Å². The van der Waals surface area contributed by atoms with Crippen LogP contribution in [0.4, 0.5) is 5.69 Å². The number of amides is 1. The molecule has 0 unspecified atom stereocenters. The highest BCUT2D eigenvalue weighted by molar-refractivity contribution is 6.30. The van der Waals surface area contributed by atoms with Gasteiger partial charge in [-0.1, -0.05) is 48.0 Å². The zero-order valence-electron chi connectivity index (χ0n) is 16.9. The molecular weight excluding hydrogens is 400 g/mol. The Morgan fingerprint density at radius 3 is 2.37 bits per heavy atom. The molecule has 0 atom stereocenters. The molecule has 3 rings (SSSR count). The van der Waals surface area contributed by atoms with Crippen molar-refractivity contribution in [1.29, 1.82) is 0 Å². The monoisotopic (exact) mass is 424 g/mol. The maximum absolute atomic E-state index is 12.7. The van der Waals surface area contributed by atoms with Crippen molar-refractivity contribution in [2.45, 2.75) is 13.2 Å². The first-order chi connectivity index (χ1) is 14.7. The van der Waals surface area contributed by atoms with E-state index in [4.69, 9.17) is 21.1 Å². The number of methoxy groups -OCH3 is 1. The van der Waals surface area contributed by atoms with Crippen LogP contribution in [-0.2, 0) is 17.9 Å². The fourth-order valence-corrected chi connectivity index (χ4v) is 2.96. The summed E-state index contributed by atoms with van der Waals surface area (Å²) < 4.78 is 10.9. The molecule has 30 heavy (non-hydrogen) atoms. The van der Waals surface area contributed by atoms with Gasteiger partial charge in [0.15, 0.2) is 0 Å². The third-order valence-corrected chi connectivity index (χ3v) is 4.73. The van der Waals surface area contributed by atoms with Crippen molar-refractivity contribution in [2.75, 3.05) is 25.6 Å². The molecule has 156 valence electrons. The summed E-state index contributed by atoms with van der Waals surface area (Å²) in [6.45, 7) is 2.19. The molecule has 2 N–H and O–H groups in total. The van der Waals surface area contributed by atoms with Crippen LogP contribution in [0.5, 0.6) is 5.75 Å². The average Bonchev–Trinajstić information content (AvgIpc) is 2.78. The van der Waals surface area contributed by atoms with Crippen LogP contribution in [0, 0.1) is 0 Å². The zero-order valence-corrected chi connectivity index (χ0v) is 17.6. The summed E-state index contributed by atoms with van der Waals surface area (Å²) >= 11 is 5.92.